The van der Waals surface area contributed by atoms with Crippen molar-refractivity contribution in [3.63, 3.8) is 0 Å². The van der Waals surface area contributed by atoms with Crippen molar-refractivity contribution in [2.45, 2.75) is 13.3 Å². The van der Waals surface area contributed by atoms with Crippen molar-refractivity contribution in [2.24, 2.45) is 0 Å². The van der Waals surface area contributed by atoms with Crippen LogP contribution in [0.15, 0.2) is 12.1 Å². The number of alkyl halides is 2. The molecule has 0 atom stereocenters. The minimum Gasteiger partial charge on any atom is -0.294 e. The molecule has 0 amide bonds. The molecule has 1 aromatic carbocycles. The van der Waals surface area contributed by atoms with Gasteiger partial charge in [-0.2, -0.15) is 0 Å². The molecule has 1 rings (SSSR count). The van der Waals surface area contributed by atoms with E-state index < -0.39 is 28.6 Å². The number of benzene rings is 1. The Morgan fingerprint density at radius 1 is 1.43 bits per heavy atom. The van der Waals surface area contributed by atoms with Gasteiger partial charge in [0.1, 0.15) is 5.82 Å². The lowest BCUT2D eigenvalue weighted by Crippen LogP contribution is -2.02. The molecule has 76 valence electrons. The molecule has 0 N–H and O–H groups in total. The van der Waals surface area contributed by atoms with Gasteiger partial charge in [-0.3, -0.25) is 4.79 Å². The average Bonchev–Trinajstić information content (AvgIpc) is 2.01. The molecule has 0 heterocycles. The molecule has 0 radical (unpaired) electrons. The monoisotopic (exact) mass is 222 g/mol. The minimum atomic E-state index is -2.89. The van der Waals surface area contributed by atoms with Gasteiger partial charge in [-0.25, -0.2) is 13.2 Å². The van der Waals surface area contributed by atoms with Crippen LogP contribution in [0.1, 0.15) is 29.3 Å². The molecule has 0 bridgehead atoms. The molecular formula is C9H6ClF3O. The Hall–Kier alpha value is -1.03. The zero-order valence-electron chi connectivity index (χ0n) is 7.15. The van der Waals surface area contributed by atoms with Gasteiger partial charge < -0.3 is 0 Å². The van der Waals surface area contributed by atoms with Crippen molar-refractivity contribution in [3.8, 4) is 0 Å². The maximum atomic E-state index is 12.8. The summed E-state index contributed by atoms with van der Waals surface area (Å²) in [6, 6.07) is 1.52. The Balaban J connectivity index is 3.44. The van der Waals surface area contributed by atoms with Crippen molar-refractivity contribution in [1.29, 1.82) is 0 Å². The van der Waals surface area contributed by atoms with Gasteiger partial charge in [-0.1, -0.05) is 11.6 Å². The molecule has 0 aliphatic heterocycles. The smallest absolute Gasteiger partial charge is 0.265 e. The van der Waals surface area contributed by atoms with Crippen LogP contribution in [0.5, 0.6) is 0 Å². The van der Waals surface area contributed by atoms with Crippen molar-refractivity contribution in [2.75, 3.05) is 0 Å². The highest BCUT2D eigenvalue weighted by atomic mass is 35.5. The fraction of sp³-hybridized carbons (Fsp3) is 0.222. The van der Waals surface area contributed by atoms with Crippen molar-refractivity contribution < 1.29 is 18.0 Å². The van der Waals surface area contributed by atoms with Gasteiger partial charge in [0.25, 0.3) is 6.43 Å². The van der Waals surface area contributed by atoms with Crippen LogP contribution in [0, 0.1) is 5.82 Å². The highest BCUT2D eigenvalue weighted by molar-refractivity contribution is 6.32. The summed E-state index contributed by atoms with van der Waals surface area (Å²) in [6.07, 6.45) is -2.89. The molecule has 0 aromatic heterocycles. The van der Waals surface area contributed by atoms with Crippen LogP contribution in [0.4, 0.5) is 13.2 Å². The van der Waals surface area contributed by atoms with Gasteiger partial charge in [0.05, 0.1) is 5.02 Å². The third-order valence-corrected chi connectivity index (χ3v) is 2.00. The SMILES string of the molecule is CC(=O)c1cc(F)cc(Cl)c1C(F)F. The van der Waals surface area contributed by atoms with E-state index in [1.807, 2.05) is 0 Å². The van der Waals surface area contributed by atoms with Crippen LogP contribution < -0.4 is 0 Å². The van der Waals surface area contributed by atoms with Crippen molar-refractivity contribution in [3.05, 3.63) is 34.1 Å². The molecular weight excluding hydrogens is 217 g/mol. The number of Topliss-reactive ketones (excluding diaryl/α,β-unsaturated/α-hetero) is 1. The van der Waals surface area contributed by atoms with E-state index in [1.165, 1.54) is 0 Å². The fourth-order valence-corrected chi connectivity index (χ4v) is 1.39. The Bertz CT molecular complexity index is 377. The molecule has 5 heteroatoms. The van der Waals surface area contributed by atoms with E-state index in [4.69, 9.17) is 11.6 Å². The van der Waals surface area contributed by atoms with Crippen LogP contribution in [0.2, 0.25) is 5.02 Å². The highest BCUT2D eigenvalue weighted by Gasteiger charge is 2.20. The molecule has 14 heavy (non-hydrogen) atoms. The topological polar surface area (TPSA) is 17.1 Å². The molecule has 0 fully saturated rings. The van der Waals surface area contributed by atoms with Gasteiger partial charge in [0, 0.05) is 11.1 Å². The quantitative estimate of drug-likeness (QED) is 0.699. The lowest BCUT2D eigenvalue weighted by molar-refractivity contribution is 0.0998. The molecule has 0 saturated carbocycles. The largest absolute Gasteiger partial charge is 0.294 e. The molecule has 1 nitrogen and oxygen atoms in total. The fourth-order valence-electron chi connectivity index (χ4n) is 1.10. The predicted molar refractivity (Wildman–Crippen MR) is 46.4 cm³/mol. The molecule has 0 saturated heterocycles. The van der Waals surface area contributed by atoms with Gasteiger partial charge in [-0.05, 0) is 19.1 Å². The third-order valence-electron chi connectivity index (χ3n) is 1.69. The summed E-state index contributed by atoms with van der Waals surface area (Å²) in [5.41, 5.74) is -0.981. The van der Waals surface area contributed by atoms with Crippen LogP contribution in [-0.2, 0) is 0 Å². The molecule has 0 unspecified atom stereocenters. The third kappa shape index (κ3) is 2.07. The zero-order valence-corrected chi connectivity index (χ0v) is 7.91. The second-order valence-electron chi connectivity index (χ2n) is 2.71. The average molecular weight is 223 g/mol. The summed E-state index contributed by atoms with van der Waals surface area (Å²) in [5.74, 6) is -1.44. The molecule has 0 aliphatic rings. The summed E-state index contributed by atoms with van der Waals surface area (Å²) in [4.78, 5) is 10.9. The summed E-state index contributed by atoms with van der Waals surface area (Å²) in [7, 11) is 0. The number of halogens is 4. The van der Waals surface area contributed by atoms with Gasteiger partial charge >= 0.3 is 0 Å². The molecule has 1 aromatic rings. The van der Waals surface area contributed by atoms with E-state index in [0.29, 0.717) is 0 Å². The zero-order chi connectivity index (χ0) is 10.9. The normalized spacial score (nSPS) is 10.7. The number of hydrogen-bond acceptors (Lipinski definition) is 1. The Morgan fingerprint density at radius 3 is 2.43 bits per heavy atom. The van der Waals surface area contributed by atoms with Crippen molar-refractivity contribution in [1.82, 2.24) is 0 Å². The second kappa shape index (κ2) is 4.00. The summed E-state index contributed by atoms with van der Waals surface area (Å²) in [6.45, 7) is 1.08. The second-order valence-corrected chi connectivity index (χ2v) is 3.11. The first-order valence-electron chi connectivity index (χ1n) is 3.71. The van der Waals surface area contributed by atoms with Crippen LogP contribution in [0.3, 0.4) is 0 Å². The van der Waals surface area contributed by atoms with E-state index in [-0.39, 0.29) is 5.56 Å². The van der Waals surface area contributed by atoms with Gasteiger partial charge in [0.15, 0.2) is 5.78 Å². The lowest BCUT2D eigenvalue weighted by Gasteiger charge is -2.08. The summed E-state index contributed by atoms with van der Waals surface area (Å²) < 4.78 is 37.6. The Kier molecular flexibility index (Phi) is 3.16. The number of rotatable bonds is 2. The number of carbonyl (C=O) groups excluding carboxylic acids is 1. The standard InChI is InChI=1S/C9H6ClF3O/c1-4(14)6-2-5(11)3-7(10)8(6)9(12)13/h2-3,9H,1H3. The van der Waals surface area contributed by atoms with Gasteiger partial charge in [-0.15, -0.1) is 0 Å². The maximum absolute atomic E-state index is 12.8. The summed E-state index contributed by atoms with van der Waals surface area (Å²) in [5, 5.41) is -0.426. The van der Waals surface area contributed by atoms with E-state index in [9.17, 15) is 18.0 Å². The first-order chi connectivity index (χ1) is 6.43. The molecule has 0 aliphatic carbocycles. The minimum absolute atomic E-state index is 0.370. The van der Waals surface area contributed by atoms with E-state index in [1.54, 1.807) is 0 Å². The van der Waals surface area contributed by atoms with Crippen LogP contribution in [-0.4, -0.2) is 5.78 Å². The predicted octanol–water partition coefficient (Wildman–Crippen LogP) is 3.62. The summed E-state index contributed by atoms with van der Waals surface area (Å²) >= 11 is 5.40. The first-order valence-corrected chi connectivity index (χ1v) is 4.09. The number of carbonyl (C=O) groups is 1. The first kappa shape index (κ1) is 11.0. The molecule has 0 spiro atoms. The Labute approximate surface area is 83.5 Å². The van der Waals surface area contributed by atoms with Crippen LogP contribution in [0.25, 0.3) is 0 Å². The van der Waals surface area contributed by atoms with Crippen LogP contribution >= 0.6 is 11.6 Å². The maximum Gasteiger partial charge on any atom is 0.265 e. The Morgan fingerprint density at radius 2 is 2.00 bits per heavy atom. The van der Waals surface area contributed by atoms with Gasteiger partial charge in [0.2, 0.25) is 0 Å². The van der Waals surface area contributed by atoms with Crippen molar-refractivity contribution >= 4 is 17.4 Å². The van der Waals surface area contributed by atoms with E-state index >= 15 is 0 Å². The number of hydrogen-bond donors (Lipinski definition) is 0. The highest BCUT2D eigenvalue weighted by Crippen LogP contribution is 2.31. The number of ketones is 1. The lowest BCUT2D eigenvalue weighted by atomic mass is 10.0. The van der Waals surface area contributed by atoms with E-state index in [0.717, 1.165) is 19.1 Å². The van der Waals surface area contributed by atoms with E-state index in [2.05, 4.69) is 0 Å².